The van der Waals surface area contributed by atoms with E-state index in [1.54, 1.807) is 14.2 Å². The molecule has 1 aliphatic rings. The lowest BCUT2D eigenvalue weighted by Gasteiger charge is -2.24. The van der Waals surface area contributed by atoms with Gasteiger partial charge in [-0.2, -0.15) is 0 Å². The molecule has 118 valence electrons. The number of hydrogen-bond acceptors (Lipinski definition) is 4. The predicted molar refractivity (Wildman–Crippen MR) is 84.0 cm³/mol. The molecule has 0 aliphatic carbocycles. The summed E-state index contributed by atoms with van der Waals surface area (Å²) in [5, 5.41) is 10.6. The van der Waals surface area contributed by atoms with E-state index in [2.05, 4.69) is 11.8 Å². The van der Waals surface area contributed by atoms with E-state index in [0.29, 0.717) is 12.3 Å². The largest absolute Gasteiger partial charge is 0.497 e. The number of aliphatic hydroxyl groups excluding tert-OH is 1. The topological polar surface area (TPSA) is 41.9 Å². The number of benzene rings is 1. The maximum Gasteiger partial charge on any atom is 0.124 e. The Labute approximate surface area is 127 Å². The third-order valence-electron chi connectivity index (χ3n) is 4.34. The molecule has 0 bridgehead atoms. The van der Waals surface area contributed by atoms with Crippen molar-refractivity contribution in [1.29, 1.82) is 0 Å². The first kappa shape index (κ1) is 16.1. The normalized spacial score (nSPS) is 21.6. The highest BCUT2D eigenvalue weighted by Crippen LogP contribution is 2.30. The van der Waals surface area contributed by atoms with E-state index >= 15 is 0 Å². The van der Waals surface area contributed by atoms with Crippen LogP contribution in [0.3, 0.4) is 0 Å². The standard InChI is InChI=1S/C17H27NO3/c1-13-5-4-9-18(10-8-13)12-16(19)15-11-14(20-2)6-7-17(15)21-3/h6-7,11,13,16,19H,4-5,8-10,12H2,1-3H3. The van der Waals surface area contributed by atoms with Gasteiger partial charge in [0.25, 0.3) is 0 Å². The molecule has 0 amide bonds. The number of aliphatic hydroxyl groups is 1. The Morgan fingerprint density at radius 3 is 2.76 bits per heavy atom. The monoisotopic (exact) mass is 293 g/mol. The number of rotatable bonds is 5. The summed E-state index contributed by atoms with van der Waals surface area (Å²) in [5.41, 5.74) is 0.800. The van der Waals surface area contributed by atoms with Crippen molar-refractivity contribution >= 4 is 0 Å². The van der Waals surface area contributed by atoms with E-state index in [0.717, 1.165) is 30.3 Å². The molecule has 0 radical (unpaired) electrons. The molecule has 0 saturated carbocycles. The molecular formula is C17H27NO3. The molecule has 1 N–H and O–H groups in total. The first-order valence-corrected chi connectivity index (χ1v) is 7.76. The zero-order valence-corrected chi connectivity index (χ0v) is 13.3. The molecule has 2 unspecified atom stereocenters. The quantitative estimate of drug-likeness (QED) is 0.906. The SMILES string of the molecule is COc1ccc(OC)c(C(O)CN2CCCC(C)CC2)c1. The molecule has 4 heteroatoms. The molecule has 4 nitrogen and oxygen atoms in total. The average molecular weight is 293 g/mol. The van der Waals surface area contributed by atoms with E-state index < -0.39 is 6.10 Å². The number of methoxy groups -OCH3 is 2. The van der Waals surface area contributed by atoms with Gasteiger partial charge in [-0.05, 0) is 56.5 Å². The molecule has 1 aromatic carbocycles. The molecule has 0 spiro atoms. The van der Waals surface area contributed by atoms with Crippen molar-refractivity contribution in [2.75, 3.05) is 33.9 Å². The van der Waals surface area contributed by atoms with Gasteiger partial charge in [0, 0.05) is 12.1 Å². The van der Waals surface area contributed by atoms with Crippen LogP contribution in [0.15, 0.2) is 18.2 Å². The fraction of sp³-hybridized carbons (Fsp3) is 0.647. The lowest BCUT2D eigenvalue weighted by atomic mass is 10.0. The first-order valence-electron chi connectivity index (χ1n) is 7.76. The smallest absolute Gasteiger partial charge is 0.124 e. The number of β-amino-alcohol motifs (C(OH)–C–C–N with tert-alkyl or cyclic N) is 1. The van der Waals surface area contributed by atoms with Crippen LogP contribution in [-0.4, -0.2) is 43.9 Å². The van der Waals surface area contributed by atoms with Crippen LogP contribution >= 0.6 is 0 Å². The summed E-state index contributed by atoms with van der Waals surface area (Å²) in [6.07, 6.45) is 3.16. The van der Waals surface area contributed by atoms with Gasteiger partial charge in [0.2, 0.25) is 0 Å². The van der Waals surface area contributed by atoms with E-state index in [-0.39, 0.29) is 0 Å². The molecule has 2 atom stereocenters. The van der Waals surface area contributed by atoms with E-state index in [4.69, 9.17) is 9.47 Å². The highest BCUT2D eigenvalue weighted by Gasteiger charge is 2.20. The van der Waals surface area contributed by atoms with Crippen molar-refractivity contribution in [2.45, 2.75) is 32.3 Å². The van der Waals surface area contributed by atoms with Crippen LogP contribution in [0.4, 0.5) is 0 Å². The summed E-state index contributed by atoms with van der Waals surface area (Å²) in [4.78, 5) is 2.35. The van der Waals surface area contributed by atoms with Crippen LogP contribution in [0.2, 0.25) is 0 Å². The first-order chi connectivity index (χ1) is 10.1. The summed E-state index contributed by atoms with van der Waals surface area (Å²) in [7, 11) is 3.26. The van der Waals surface area contributed by atoms with E-state index in [1.807, 2.05) is 18.2 Å². The van der Waals surface area contributed by atoms with Crippen molar-refractivity contribution in [3.63, 3.8) is 0 Å². The van der Waals surface area contributed by atoms with Crippen LogP contribution in [0.25, 0.3) is 0 Å². The van der Waals surface area contributed by atoms with Gasteiger partial charge < -0.3 is 19.5 Å². The zero-order chi connectivity index (χ0) is 15.2. The molecule has 1 aromatic rings. The Balaban J connectivity index is 2.06. The minimum Gasteiger partial charge on any atom is -0.497 e. The second-order valence-electron chi connectivity index (χ2n) is 5.96. The lowest BCUT2D eigenvalue weighted by molar-refractivity contribution is 0.112. The summed E-state index contributed by atoms with van der Waals surface area (Å²) in [6, 6.07) is 5.56. The van der Waals surface area contributed by atoms with Gasteiger partial charge >= 0.3 is 0 Å². The van der Waals surface area contributed by atoms with E-state index in [9.17, 15) is 5.11 Å². The van der Waals surface area contributed by atoms with E-state index in [1.165, 1.54) is 19.3 Å². The second kappa shape index (κ2) is 7.66. The summed E-state index contributed by atoms with van der Waals surface area (Å²) in [6.45, 7) is 5.08. The zero-order valence-electron chi connectivity index (χ0n) is 13.3. The van der Waals surface area contributed by atoms with Gasteiger partial charge in [-0.25, -0.2) is 0 Å². The van der Waals surface area contributed by atoms with Crippen LogP contribution in [-0.2, 0) is 0 Å². The highest BCUT2D eigenvalue weighted by molar-refractivity contribution is 5.41. The summed E-state index contributed by atoms with van der Waals surface area (Å²) in [5.74, 6) is 2.25. The van der Waals surface area contributed by atoms with Gasteiger partial charge in [0.05, 0.1) is 20.3 Å². The molecule has 1 aliphatic heterocycles. The van der Waals surface area contributed by atoms with Crippen molar-refractivity contribution in [1.82, 2.24) is 4.90 Å². The summed E-state index contributed by atoms with van der Waals surface area (Å²) >= 11 is 0. The third kappa shape index (κ3) is 4.35. The lowest BCUT2D eigenvalue weighted by Crippen LogP contribution is -2.30. The van der Waals surface area contributed by atoms with Gasteiger partial charge in [-0.3, -0.25) is 0 Å². The Bertz CT molecular complexity index is 450. The van der Waals surface area contributed by atoms with Crippen molar-refractivity contribution < 1.29 is 14.6 Å². The average Bonchev–Trinajstić information content (AvgIpc) is 2.71. The molecular weight excluding hydrogens is 266 g/mol. The number of hydrogen-bond donors (Lipinski definition) is 1. The van der Waals surface area contributed by atoms with Gasteiger partial charge in [-0.15, -0.1) is 0 Å². The highest BCUT2D eigenvalue weighted by atomic mass is 16.5. The van der Waals surface area contributed by atoms with Crippen LogP contribution < -0.4 is 9.47 Å². The summed E-state index contributed by atoms with van der Waals surface area (Å²) < 4.78 is 10.6. The fourth-order valence-corrected chi connectivity index (χ4v) is 2.95. The maximum absolute atomic E-state index is 10.6. The van der Waals surface area contributed by atoms with Crippen LogP contribution in [0.5, 0.6) is 11.5 Å². The van der Waals surface area contributed by atoms with Crippen LogP contribution in [0, 0.1) is 5.92 Å². The Morgan fingerprint density at radius 2 is 2.05 bits per heavy atom. The van der Waals surface area contributed by atoms with Crippen molar-refractivity contribution in [3.05, 3.63) is 23.8 Å². The number of likely N-dealkylation sites (tertiary alicyclic amines) is 1. The van der Waals surface area contributed by atoms with Gasteiger partial charge in [0.15, 0.2) is 0 Å². The van der Waals surface area contributed by atoms with Crippen molar-refractivity contribution in [3.8, 4) is 11.5 Å². The number of ether oxygens (including phenoxy) is 2. The van der Waals surface area contributed by atoms with Crippen LogP contribution in [0.1, 0.15) is 37.9 Å². The van der Waals surface area contributed by atoms with Gasteiger partial charge in [0.1, 0.15) is 11.5 Å². The molecule has 2 rings (SSSR count). The number of nitrogens with zero attached hydrogens (tertiary/aromatic N) is 1. The van der Waals surface area contributed by atoms with Crippen molar-refractivity contribution in [2.24, 2.45) is 5.92 Å². The Morgan fingerprint density at radius 1 is 1.24 bits per heavy atom. The fourth-order valence-electron chi connectivity index (χ4n) is 2.95. The van der Waals surface area contributed by atoms with Gasteiger partial charge in [-0.1, -0.05) is 6.92 Å². The molecule has 0 aromatic heterocycles. The second-order valence-corrected chi connectivity index (χ2v) is 5.96. The Kier molecular flexibility index (Phi) is 5.88. The molecule has 1 fully saturated rings. The predicted octanol–water partition coefficient (Wildman–Crippen LogP) is 2.86. The maximum atomic E-state index is 10.6. The minimum absolute atomic E-state index is 0.552. The minimum atomic E-state index is -0.552. The molecule has 1 heterocycles. The molecule has 21 heavy (non-hydrogen) atoms. The molecule has 1 saturated heterocycles. The Hall–Kier alpha value is -1.26. The third-order valence-corrected chi connectivity index (χ3v) is 4.34.